The molecule has 198 valence electrons. The van der Waals surface area contributed by atoms with Crippen molar-refractivity contribution in [1.29, 1.82) is 0 Å². The number of fused-ring (bicyclic) bond motifs is 1. The van der Waals surface area contributed by atoms with E-state index in [9.17, 15) is 14.4 Å². The van der Waals surface area contributed by atoms with Gasteiger partial charge in [-0.3, -0.25) is 19.3 Å². The lowest BCUT2D eigenvalue weighted by Gasteiger charge is -2.26. The van der Waals surface area contributed by atoms with Gasteiger partial charge < -0.3 is 19.7 Å². The monoisotopic (exact) mass is 507 g/mol. The Balaban J connectivity index is 0.00000121. The molecule has 2 aromatic rings. The zero-order chi connectivity index (χ0) is 26.8. The number of carbonyl (C=O) groups is 4. The van der Waals surface area contributed by atoms with Gasteiger partial charge in [-0.15, -0.1) is 0 Å². The third kappa shape index (κ3) is 7.81. The summed E-state index contributed by atoms with van der Waals surface area (Å²) in [5.74, 6) is 0.0285. The SMILES string of the molecule is CC=O.CCC(=O)CCC(C)N1Cc2cc(NC(=O)c3ccc(CN4CCOCC4)cc3)ccc2C1=O. The molecule has 2 amide bonds. The van der Waals surface area contributed by atoms with Crippen LogP contribution in [0.3, 0.4) is 0 Å². The summed E-state index contributed by atoms with van der Waals surface area (Å²) < 4.78 is 5.39. The molecule has 1 atom stereocenters. The highest BCUT2D eigenvalue weighted by molar-refractivity contribution is 6.05. The molecule has 4 rings (SSSR count). The maximum Gasteiger partial charge on any atom is 0.255 e. The Hall–Kier alpha value is -3.36. The molecule has 1 fully saturated rings. The van der Waals surface area contributed by atoms with E-state index in [1.807, 2.05) is 49.1 Å². The van der Waals surface area contributed by atoms with E-state index in [0.717, 1.165) is 44.7 Å². The minimum atomic E-state index is -0.175. The molecule has 2 aliphatic rings. The number of Topliss-reactive ketones (excluding diaryl/α,β-unsaturated/α-hetero) is 1. The summed E-state index contributed by atoms with van der Waals surface area (Å²) in [6.07, 6.45) is 2.43. The fraction of sp³-hybridized carbons (Fsp3) is 0.448. The van der Waals surface area contributed by atoms with Crippen LogP contribution in [0.2, 0.25) is 0 Å². The molecule has 2 heterocycles. The molecule has 37 heavy (non-hydrogen) atoms. The third-order valence-corrected chi connectivity index (χ3v) is 6.69. The van der Waals surface area contributed by atoms with Crippen molar-refractivity contribution < 1.29 is 23.9 Å². The van der Waals surface area contributed by atoms with Crippen LogP contribution in [0, 0.1) is 0 Å². The lowest BCUT2D eigenvalue weighted by molar-refractivity contribution is -0.119. The minimum Gasteiger partial charge on any atom is -0.379 e. The van der Waals surface area contributed by atoms with Gasteiger partial charge in [0.05, 0.1) is 13.2 Å². The second-order valence-corrected chi connectivity index (χ2v) is 9.36. The number of nitrogens with one attached hydrogen (secondary N) is 1. The Labute approximate surface area is 219 Å². The van der Waals surface area contributed by atoms with Crippen LogP contribution in [-0.2, 0) is 27.4 Å². The lowest BCUT2D eigenvalue weighted by Crippen LogP contribution is -2.35. The van der Waals surface area contributed by atoms with Crippen LogP contribution in [-0.4, -0.2) is 66.0 Å². The van der Waals surface area contributed by atoms with Crippen LogP contribution in [0.5, 0.6) is 0 Å². The molecule has 0 spiro atoms. The van der Waals surface area contributed by atoms with Crippen molar-refractivity contribution in [3.05, 3.63) is 64.7 Å². The van der Waals surface area contributed by atoms with Crippen molar-refractivity contribution in [3.63, 3.8) is 0 Å². The highest BCUT2D eigenvalue weighted by Crippen LogP contribution is 2.28. The molecular formula is C29H37N3O5. The van der Waals surface area contributed by atoms with Gasteiger partial charge in [0.25, 0.3) is 11.8 Å². The second-order valence-electron chi connectivity index (χ2n) is 9.36. The summed E-state index contributed by atoms with van der Waals surface area (Å²) in [6, 6.07) is 13.1. The average Bonchev–Trinajstić information content (AvgIpc) is 3.24. The van der Waals surface area contributed by atoms with Gasteiger partial charge in [-0.25, -0.2) is 0 Å². The predicted molar refractivity (Wildman–Crippen MR) is 143 cm³/mol. The largest absolute Gasteiger partial charge is 0.379 e. The molecule has 0 aromatic heterocycles. The van der Waals surface area contributed by atoms with Crippen LogP contribution in [0.4, 0.5) is 5.69 Å². The van der Waals surface area contributed by atoms with E-state index in [4.69, 9.17) is 9.53 Å². The lowest BCUT2D eigenvalue weighted by atomic mass is 10.1. The van der Waals surface area contributed by atoms with E-state index in [0.29, 0.717) is 42.6 Å². The quantitative estimate of drug-likeness (QED) is 0.514. The van der Waals surface area contributed by atoms with Gasteiger partial charge in [0, 0.05) is 61.9 Å². The maximum atomic E-state index is 12.8. The molecule has 0 bridgehead atoms. The number of ketones is 1. The summed E-state index contributed by atoms with van der Waals surface area (Å²) >= 11 is 0. The predicted octanol–water partition coefficient (Wildman–Crippen LogP) is 4.08. The van der Waals surface area contributed by atoms with Crippen molar-refractivity contribution in [2.24, 2.45) is 0 Å². The number of carbonyl (C=O) groups excluding carboxylic acids is 4. The fourth-order valence-corrected chi connectivity index (χ4v) is 4.46. The molecule has 2 aromatic carbocycles. The third-order valence-electron chi connectivity index (χ3n) is 6.69. The number of amides is 2. The van der Waals surface area contributed by atoms with E-state index in [2.05, 4.69) is 10.2 Å². The van der Waals surface area contributed by atoms with E-state index < -0.39 is 0 Å². The number of benzene rings is 2. The number of rotatable bonds is 9. The molecular weight excluding hydrogens is 470 g/mol. The fourth-order valence-electron chi connectivity index (χ4n) is 4.46. The summed E-state index contributed by atoms with van der Waals surface area (Å²) in [6.45, 7) is 10.0. The first-order valence-electron chi connectivity index (χ1n) is 12.9. The Morgan fingerprint density at radius 2 is 1.78 bits per heavy atom. The normalized spacial score (nSPS) is 15.9. The average molecular weight is 508 g/mol. The van der Waals surface area contributed by atoms with Crippen LogP contribution < -0.4 is 5.32 Å². The molecule has 0 aliphatic carbocycles. The van der Waals surface area contributed by atoms with Gasteiger partial charge in [-0.05, 0) is 61.7 Å². The van der Waals surface area contributed by atoms with Crippen molar-refractivity contribution in [3.8, 4) is 0 Å². The van der Waals surface area contributed by atoms with Crippen molar-refractivity contribution in [1.82, 2.24) is 9.80 Å². The minimum absolute atomic E-state index is 0.00980. The van der Waals surface area contributed by atoms with E-state index in [1.54, 1.807) is 12.1 Å². The molecule has 1 N–H and O–H groups in total. The van der Waals surface area contributed by atoms with Gasteiger partial charge in [-0.1, -0.05) is 19.1 Å². The second kappa shape index (κ2) is 13.8. The number of ether oxygens (including phenoxy) is 1. The number of hydrogen-bond donors (Lipinski definition) is 1. The van der Waals surface area contributed by atoms with Crippen LogP contribution in [0.15, 0.2) is 42.5 Å². The Bertz CT molecular complexity index is 1090. The summed E-state index contributed by atoms with van der Waals surface area (Å²) in [7, 11) is 0. The number of aldehydes is 1. The van der Waals surface area contributed by atoms with Gasteiger partial charge >= 0.3 is 0 Å². The first-order valence-corrected chi connectivity index (χ1v) is 12.9. The van der Waals surface area contributed by atoms with Crippen molar-refractivity contribution in [2.45, 2.75) is 59.2 Å². The Morgan fingerprint density at radius 1 is 1.11 bits per heavy atom. The smallest absolute Gasteiger partial charge is 0.255 e. The zero-order valence-corrected chi connectivity index (χ0v) is 22.0. The van der Waals surface area contributed by atoms with Gasteiger partial charge in [0.1, 0.15) is 12.1 Å². The molecule has 2 aliphatic heterocycles. The summed E-state index contributed by atoms with van der Waals surface area (Å²) in [5.41, 5.74) is 4.00. The van der Waals surface area contributed by atoms with E-state index in [1.165, 1.54) is 12.5 Å². The highest BCUT2D eigenvalue weighted by Gasteiger charge is 2.31. The van der Waals surface area contributed by atoms with Crippen LogP contribution in [0.1, 0.15) is 71.9 Å². The maximum absolute atomic E-state index is 12.8. The number of anilines is 1. The molecule has 1 unspecified atom stereocenters. The standard InChI is InChI=1S/C27H33N3O4.C2H4O/c1-3-24(31)10-4-19(2)30-18-22-16-23(9-11-25(22)27(30)33)28-26(32)21-7-5-20(6-8-21)17-29-12-14-34-15-13-29;1-2-3/h5-9,11,16,19H,3-4,10,12-15,17-18H2,1-2H3,(H,28,32);2H,1H3. The summed E-state index contributed by atoms with van der Waals surface area (Å²) in [5, 5.41) is 2.96. The van der Waals surface area contributed by atoms with Gasteiger partial charge in [-0.2, -0.15) is 0 Å². The van der Waals surface area contributed by atoms with E-state index in [-0.39, 0.29) is 23.6 Å². The first-order chi connectivity index (χ1) is 17.9. The highest BCUT2D eigenvalue weighted by atomic mass is 16.5. The van der Waals surface area contributed by atoms with Crippen LogP contribution >= 0.6 is 0 Å². The van der Waals surface area contributed by atoms with E-state index >= 15 is 0 Å². The summed E-state index contributed by atoms with van der Waals surface area (Å²) in [4.78, 5) is 50.2. The van der Waals surface area contributed by atoms with Crippen molar-refractivity contribution >= 4 is 29.6 Å². The topological polar surface area (TPSA) is 96.0 Å². The molecule has 0 saturated carbocycles. The molecule has 0 radical (unpaired) electrons. The number of morpholine rings is 1. The molecule has 8 nitrogen and oxygen atoms in total. The number of hydrogen-bond acceptors (Lipinski definition) is 6. The van der Waals surface area contributed by atoms with Crippen molar-refractivity contribution in [2.75, 3.05) is 31.6 Å². The van der Waals surface area contributed by atoms with Gasteiger partial charge in [0.2, 0.25) is 0 Å². The molecule has 1 saturated heterocycles. The zero-order valence-electron chi connectivity index (χ0n) is 22.0. The van der Waals surface area contributed by atoms with Gasteiger partial charge in [0.15, 0.2) is 0 Å². The first kappa shape index (κ1) is 28.2. The Morgan fingerprint density at radius 3 is 2.43 bits per heavy atom. The molecule has 8 heteroatoms. The Kier molecular flexibility index (Phi) is 10.5. The number of nitrogens with zero attached hydrogens (tertiary/aromatic N) is 2. The van der Waals surface area contributed by atoms with Crippen LogP contribution in [0.25, 0.3) is 0 Å².